The number of nitrogens with one attached hydrogen (secondary N) is 2. The summed E-state index contributed by atoms with van der Waals surface area (Å²) in [6.07, 6.45) is 0.992. The van der Waals surface area contributed by atoms with Gasteiger partial charge in [0.15, 0.2) is 6.61 Å². The topological polar surface area (TPSA) is 50.4 Å². The molecule has 1 aromatic rings. The van der Waals surface area contributed by atoms with E-state index < -0.39 is 0 Å². The predicted molar refractivity (Wildman–Crippen MR) is 87.3 cm³/mol. The normalized spacial score (nSPS) is 18.0. The second-order valence-electron chi connectivity index (χ2n) is 6.32. The van der Waals surface area contributed by atoms with E-state index in [-0.39, 0.29) is 36.4 Å². The quantitative estimate of drug-likeness (QED) is 0.896. The smallest absolute Gasteiger partial charge is 0.258 e. The van der Waals surface area contributed by atoms with Gasteiger partial charge in [-0.2, -0.15) is 0 Å². The van der Waals surface area contributed by atoms with Crippen LogP contribution in [0.4, 0.5) is 0 Å². The molecule has 0 radical (unpaired) electrons. The van der Waals surface area contributed by atoms with Gasteiger partial charge < -0.3 is 15.4 Å². The molecule has 1 heterocycles. The van der Waals surface area contributed by atoms with Crippen molar-refractivity contribution in [2.75, 3.05) is 19.7 Å². The highest BCUT2D eigenvalue weighted by atomic mass is 35.5. The molecule has 1 unspecified atom stereocenters. The first-order valence-corrected chi connectivity index (χ1v) is 7.18. The lowest BCUT2D eigenvalue weighted by atomic mass is 9.87. The molecule has 0 bridgehead atoms. The van der Waals surface area contributed by atoms with Gasteiger partial charge in [-0.25, -0.2) is 0 Å². The van der Waals surface area contributed by atoms with Crippen molar-refractivity contribution in [1.82, 2.24) is 10.6 Å². The van der Waals surface area contributed by atoms with Gasteiger partial charge in [0.1, 0.15) is 5.75 Å². The number of halogens is 1. The highest BCUT2D eigenvalue weighted by molar-refractivity contribution is 5.85. The molecular formula is C16H25ClN2O2. The van der Waals surface area contributed by atoms with E-state index in [9.17, 15) is 4.79 Å². The maximum absolute atomic E-state index is 11.7. The molecule has 1 saturated heterocycles. The third kappa shape index (κ3) is 5.56. The third-order valence-corrected chi connectivity index (χ3v) is 3.52. The van der Waals surface area contributed by atoms with Crippen molar-refractivity contribution in [3.8, 4) is 5.75 Å². The van der Waals surface area contributed by atoms with Crippen molar-refractivity contribution in [2.24, 2.45) is 0 Å². The fourth-order valence-corrected chi connectivity index (χ4v) is 2.25. The van der Waals surface area contributed by atoms with Crippen LogP contribution >= 0.6 is 12.4 Å². The number of rotatable bonds is 4. The summed E-state index contributed by atoms with van der Waals surface area (Å²) in [5, 5.41) is 6.17. The Hall–Kier alpha value is -1.26. The molecule has 21 heavy (non-hydrogen) atoms. The second-order valence-corrected chi connectivity index (χ2v) is 6.32. The van der Waals surface area contributed by atoms with E-state index in [1.807, 2.05) is 24.3 Å². The van der Waals surface area contributed by atoms with Crippen LogP contribution in [0, 0.1) is 0 Å². The summed E-state index contributed by atoms with van der Waals surface area (Å²) in [5.74, 6) is 0.677. The molecule has 1 aliphatic rings. The molecule has 2 rings (SSSR count). The zero-order valence-corrected chi connectivity index (χ0v) is 13.8. The van der Waals surface area contributed by atoms with Gasteiger partial charge in [0.05, 0.1) is 0 Å². The summed E-state index contributed by atoms with van der Waals surface area (Å²) in [4.78, 5) is 11.7. The maximum Gasteiger partial charge on any atom is 0.258 e. The maximum atomic E-state index is 11.7. The summed E-state index contributed by atoms with van der Waals surface area (Å²) in [5.41, 5.74) is 1.39. The summed E-state index contributed by atoms with van der Waals surface area (Å²) in [6.45, 7) is 8.42. The molecule has 0 aromatic heterocycles. The lowest BCUT2D eigenvalue weighted by Crippen LogP contribution is -2.39. The Morgan fingerprint density at radius 3 is 2.52 bits per heavy atom. The first kappa shape index (κ1) is 17.8. The van der Waals surface area contributed by atoms with Crippen LogP contribution in [-0.4, -0.2) is 31.6 Å². The molecular weight excluding hydrogens is 288 g/mol. The number of ether oxygens (including phenoxy) is 1. The molecule has 5 heteroatoms. The molecule has 0 aliphatic carbocycles. The second kappa shape index (κ2) is 7.66. The van der Waals surface area contributed by atoms with E-state index in [1.54, 1.807) is 0 Å². The Bertz CT molecular complexity index is 448. The number of amides is 1. The van der Waals surface area contributed by atoms with Gasteiger partial charge in [-0.15, -0.1) is 12.4 Å². The van der Waals surface area contributed by atoms with Crippen LogP contribution in [0.3, 0.4) is 0 Å². The fourth-order valence-electron chi connectivity index (χ4n) is 2.25. The average Bonchev–Trinajstić information content (AvgIpc) is 2.88. The summed E-state index contributed by atoms with van der Waals surface area (Å²) in [6, 6.07) is 8.19. The Kier molecular flexibility index (Phi) is 6.49. The van der Waals surface area contributed by atoms with Gasteiger partial charge in [-0.3, -0.25) is 4.79 Å². The average molecular weight is 313 g/mol. The number of benzene rings is 1. The van der Waals surface area contributed by atoms with Crippen LogP contribution in [0.2, 0.25) is 0 Å². The van der Waals surface area contributed by atoms with Gasteiger partial charge in [0.2, 0.25) is 0 Å². The zero-order chi connectivity index (χ0) is 14.6. The lowest BCUT2D eigenvalue weighted by molar-refractivity contribution is -0.123. The monoisotopic (exact) mass is 312 g/mol. The molecule has 1 aromatic carbocycles. The van der Waals surface area contributed by atoms with Crippen molar-refractivity contribution < 1.29 is 9.53 Å². The van der Waals surface area contributed by atoms with E-state index in [2.05, 4.69) is 31.4 Å². The lowest BCUT2D eigenvalue weighted by Gasteiger charge is -2.19. The van der Waals surface area contributed by atoms with E-state index in [0.717, 1.165) is 25.3 Å². The highest BCUT2D eigenvalue weighted by Gasteiger charge is 2.17. The van der Waals surface area contributed by atoms with E-state index in [1.165, 1.54) is 5.56 Å². The molecule has 0 saturated carbocycles. The number of carbonyl (C=O) groups is 1. The first-order valence-electron chi connectivity index (χ1n) is 7.18. The van der Waals surface area contributed by atoms with Crippen LogP contribution in [0.25, 0.3) is 0 Å². The molecule has 2 N–H and O–H groups in total. The van der Waals surface area contributed by atoms with E-state index in [4.69, 9.17) is 4.74 Å². The largest absolute Gasteiger partial charge is 0.484 e. The van der Waals surface area contributed by atoms with Crippen molar-refractivity contribution >= 4 is 18.3 Å². The van der Waals surface area contributed by atoms with Gasteiger partial charge in [-0.05, 0) is 36.1 Å². The van der Waals surface area contributed by atoms with Crippen molar-refractivity contribution in [3.05, 3.63) is 29.8 Å². The molecule has 1 fully saturated rings. The Balaban J connectivity index is 0.00000220. The summed E-state index contributed by atoms with van der Waals surface area (Å²) < 4.78 is 5.51. The van der Waals surface area contributed by atoms with Crippen LogP contribution in [-0.2, 0) is 10.2 Å². The van der Waals surface area contributed by atoms with E-state index >= 15 is 0 Å². The van der Waals surface area contributed by atoms with Crippen molar-refractivity contribution in [1.29, 1.82) is 0 Å². The van der Waals surface area contributed by atoms with Gasteiger partial charge in [0, 0.05) is 12.6 Å². The fraction of sp³-hybridized carbons (Fsp3) is 0.562. The van der Waals surface area contributed by atoms with Crippen molar-refractivity contribution in [3.63, 3.8) is 0 Å². The predicted octanol–water partition coefficient (Wildman–Crippen LogP) is 2.26. The third-order valence-electron chi connectivity index (χ3n) is 3.52. The first-order chi connectivity index (χ1) is 9.45. The molecule has 4 nitrogen and oxygen atoms in total. The minimum absolute atomic E-state index is 0. The minimum atomic E-state index is -0.0569. The summed E-state index contributed by atoms with van der Waals surface area (Å²) >= 11 is 0. The molecule has 1 amide bonds. The Morgan fingerprint density at radius 1 is 1.33 bits per heavy atom. The van der Waals surface area contributed by atoms with Crippen LogP contribution in [0.5, 0.6) is 5.75 Å². The van der Waals surface area contributed by atoms with Gasteiger partial charge in [0.25, 0.3) is 5.91 Å². The Morgan fingerprint density at radius 2 is 2.00 bits per heavy atom. The highest BCUT2D eigenvalue weighted by Crippen LogP contribution is 2.24. The van der Waals surface area contributed by atoms with Crippen LogP contribution in [0.15, 0.2) is 24.3 Å². The molecule has 1 atom stereocenters. The number of carbonyl (C=O) groups excluding carboxylic acids is 1. The zero-order valence-electron chi connectivity index (χ0n) is 12.9. The molecule has 1 aliphatic heterocycles. The molecule has 0 spiro atoms. The van der Waals surface area contributed by atoms with Crippen LogP contribution < -0.4 is 15.4 Å². The Labute approximate surface area is 133 Å². The van der Waals surface area contributed by atoms with Crippen molar-refractivity contribution in [2.45, 2.75) is 38.6 Å². The molecule has 118 valence electrons. The van der Waals surface area contributed by atoms with E-state index in [0.29, 0.717) is 0 Å². The number of hydrogen-bond acceptors (Lipinski definition) is 3. The van der Waals surface area contributed by atoms with Gasteiger partial charge in [-0.1, -0.05) is 32.9 Å². The van der Waals surface area contributed by atoms with Gasteiger partial charge >= 0.3 is 0 Å². The standard InChI is InChI=1S/C16H24N2O2.ClH/c1-16(2,3)12-4-6-14(7-5-12)20-11-15(19)18-13-8-9-17-10-13;/h4-7,13,17H,8-11H2,1-3H3,(H,18,19);1H. The minimum Gasteiger partial charge on any atom is -0.484 e. The number of hydrogen-bond donors (Lipinski definition) is 2. The summed E-state index contributed by atoms with van der Waals surface area (Å²) in [7, 11) is 0. The SMILES string of the molecule is CC(C)(C)c1ccc(OCC(=O)NC2CCNC2)cc1.Cl. The van der Waals surface area contributed by atoms with Crippen LogP contribution in [0.1, 0.15) is 32.8 Å².